The molecule has 2 aromatic rings. The summed E-state index contributed by atoms with van der Waals surface area (Å²) in [5.41, 5.74) is -0.609. The summed E-state index contributed by atoms with van der Waals surface area (Å²) < 4.78 is 0. The third kappa shape index (κ3) is 3.49. The lowest BCUT2D eigenvalue weighted by Crippen LogP contribution is -2.43. The number of nitro groups is 1. The van der Waals surface area contributed by atoms with Gasteiger partial charge in [-0.25, -0.2) is 4.79 Å². The van der Waals surface area contributed by atoms with Gasteiger partial charge in [-0.3, -0.25) is 14.9 Å². The molecule has 2 saturated carbocycles. The molecule has 2 aliphatic carbocycles. The molecule has 2 aromatic carbocycles. The molecule has 0 heterocycles. The molecular weight excluding hydrogens is 446 g/mol. The van der Waals surface area contributed by atoms with Crippen LogP contribution in [0.3, 0.4) is 0 Å². The maximum atomic E-state index is 13.4. The van der Waals surface area contributed by atoms with Crippen LogP contribution in [0.15, 0.2) is 53.7 Å². The molecule has 0 aromatic heterocycles. The Labute approximate surface area is 196 Å². The number of halogens is 1. The average molecular weight is 470 g/mol. The molecule has 1 N–H and O–H groups in total. The molecule has 2 aliphatic rings. The van der Waals surface area contributed by atoms with Crippen molar-refractivity contribution >= 4 is 40.6 Å². The first-order valence-electron chi connectivity index (χ1n) is 10.6. The fourth-order valence-corrected chi connectivity index (χ4v) is 5.41. The van der Waals surface area contributed by atoms with Gasteiger partial charge in [0.1, 0.15) is 5.02 Å². The third-order valence-corrected chi connectivity index (χ3v) is 8.14. The molecule has 2 bridgehead atoms. The van der Waals surface area contributed by atoms with Crippen molar-refractivity contribution < 1.29 is 19.3 Å². The predicted octanol–water partition coefficient (Wildman–Crippen LogP) is 5.62. The zero-order valence-electron chi connectivity index (χ0n) is 18.6. The van der Waals surface area contributed by atoms with E-state index in [1.54, 1.807) is 0 Å². The van der Waals surface area contributed by atoms with Crippen molar-refractivity contribution in [2.75, 3.05) is 5.32 Å². The summed E-state index contributed by atoms with van der Waals surface area (Å²) in [6.07, 6.45) is 1.79. The van der Waals surface area contributed by atoms with Crippen LogP contribution in [0.1, 0.15) is 50.4 Å². The van der Waals surface area contributed by atoms with Crippen molar-refractivity contribution in [2.45, 2.75) is 40.0 Å². The first-order valence-corrected chi connectivity index (χ1v) is 11.0. The van der Waals surface area contributed by atoms with Gasteiger partial charge in [0.15, 0.2) is 0 Å². The Kier molecular flexibility index (Phi) is 5.52. The highest BCUT2D eigenvalue weighted by atomic mass is 35.5. The van der Waals surface area contributed by atoms with E-state index in [0.717, 1.165) is 18.2 Å². The molecule has 0 saturated heterocycles. The van der Waals surface area contributed by atoms with Crippen LogP contribution in [-0.4, -0.2) is 22.5 Å². The summed E-state index contributed by atoms with van der Waals surface area (Å²) in [5, 5.41) is 18.2. The van der Waals surface area contributed by atoms with Gasteiger partial charge >= 0.3 is 5.97 Å². The smallest absolute Gasteiger partial charge is 0.326 e. The molecule has 0 aliphatic heterocycles. The number of hydrogen-bond donors (Lipinski definition) is 1. The number of nitro benzene ring substituents is 1. The van der Waals surface area contributed by atoms with Crippen LogP contribution in [0, 0.1) is 26.4 Å². The van der Waals surface area contributed by atoms with E-state index in [2.05, 4.69) is 24.3 Å². The van der Waals surface area contributed by atoms with E-state index in [4.69, 9.17) is 16.4 Å². The number of nitrogens with one attached hydrogen (secondary N) is 1. The summed E-state index contributed by atoms with van der Waals surface area (Å²) in [4.78, 5) is 41.6. The largest absolute Gasteiger partial charge is 0.365 e. The molecule has 2 unspecified atom stereocenters. The fraction of sp³-hybridized carbons (Fsp3) is 0.375. The van der Waals surface area contributed by atoms with Gasteiger partial charge in [0, 0.05) is 23.6 Å². The summed E-state index contributed by atoms with van der Waals surface area (Å²) in [7, 11) is 0. The normalized spacial score (nSPS) is 26.2. The lowest BCUT2D eigenvalue weighted by Gasteiger charge is -2.39. The van der Waals surface area contributed by atoms with Crippen molar-refractivity contribution in [3.63, 3.8) is 0 Å². The first kappa shape index (κ1) is 22.9. The second-order valence-corrected chi connectivity index (χ2v) is 9.78. The highest BCUT2D eigenvalue weighted by molar-refractivity contribution is 6.32. The summed E-state index contributed by atoms with van der Waals surface area (Å²) >= 11 is 5.81. The number of rotatable bonds is 5. The maximum Gasteiger partial charge on any atom is 0.365 e. The Morgan fingerprint density at radius 1 is 1.12 bits per heavy atom. The third-order valence-electron chi connectivity index (χ3n) is 7.82. The van der Waals surface area contributed by atoms with Crippen molar-refractivity contribution in [1.29, 1.82) is 0 Å². The predicted molar refractivity (Wildman–Crippen MR) is 124 cm³/mol. The van der Waals surface area contributed by atoms with Crippen molar-refractivity contribution in [2.24, 2.45) is 21.4 Å². The van der Waals surface area contributed by atoms with Crippen LogP contribution in [-0.2, 0) is 9.63 Å². The first-order chi connectivity index (χ1) is 15.5. The lowest BCUT2D eigenvalue weighted by molar-refractivity contribution is -0.384. The number of fused-ring (bicyclic) bond motifs is 2. The van der Waals surface area contributed by atoms with Gasteiger partial charge in [0.25, 0.3) is 5.69 Å². The van der Waals surface area contributed by atoms with Gasteiger partial charge in [0.2, 0.25) is 5.91 Å². The minimum absolute atomic E-state index is 0.0282. The van der Waals surface area contributed by atoms with Crippen LogP contribution in [0.4, 0.5) is 11.4 Å². The van der Waals surface area contributed by atoms with E-state index in [1.807, 2.05) is 37.3 Å². The number of anilines is 1. The van der Waals surface area contributed by atoms with E-state index in [-0.39, 0.29) is 22.2 Å². The topological polar surface area (TPSA) is 111 Å². The molecular formula is C24H24ClN3O5. The minimum Gasteiger partial charge on any atom is -0.326 e. The van der Waals surface area contributed by atoms with E-state index in [1.165, 1.54) is 12.1 Å². The van der Waals surface area contributed by atoms with Crippen molar-refractivity contribution in [1.82, 2.24) is 0 Å². The van der Waals surface area contributed by atoms with Crippen LogP contribution in [0.5, 0.6) is 0 Å². The maximum absolute atomic E-state index is 13.4. The molecule has 33 heavy (non-hydrogen) atoms. The van der Waals surface area contributed by atoms with Gasteiger partial charge in [-0.15, -0.1) is 0 Å². The zero-order valence-corrected chi connectivity index (χ0v) is 19.3. The second kappa shape index (κ2) is 7.95. The number of para-hydroxylation sites is 1. The summed E-state index contributed by atoms with van der Waals surface area (Å²) in [6, 6.07) is 13.0. The van der Waals surface area contributed by atoms with Crippen LogP contribution in [0.25, 0.3) is 0 Å². The molecule has 0 spiro atoms. The van der Waals surface area contributed by atoms with Crippen molar-refractivity contribution in [3.05, 3.63) is 69.2 Å². The fourth-order valence-electron chi connectivity index (χ4n) is 5.22. The van der Waals surface area contributed by atoms with Gasteiger partial charge in [-0.05, 0) is 42.5 Å². The number of nitrogens with zero attached hydrogens (tertiary/aromatic N) is 2. The van der Waals surface area contributed by atoms with Gasteiger partial charge in [0.05, 0.1) is 21.6 Å². The Balaban J connectivity index is 1.58. The number of hydrogen-bond acceptors (Lipinski definition) is 6. The minimum atomic E-state index is -0.825. The second-order valence-electron chi connectivity index (χ2n) is 9.38. The van der Waals surface area contributed by atoms with Gasteiger partial charge < -0.3 is 10.2 Å². The SMILES string of the molecule is CC12CCC(C(=O)Nc3ccccc3)(CC1=NOC(=O)c1ccc(Cl)c([N+](=O)[O-])c1)C2(C)C. The number of carbonyl (C=O) groups excluding carboxylic acids is 2. The van der Waals surface area contributed by atoms with E-state index < -0.39 is 27.1 Å². The summed E-state index contributed by atoms with van der Waals surface area (Å²) in [5.74, 6) is -0.901. The molecule has 2 atom stereocenters. The molecule has 9 heteroatoms. The number of amides is 1. The average Bonchev–Trinajstić information content (AvgIpc) is 3.09. The van der Waals surface area contributed by atoms with Crippen LogP contribution < -0.4 is 5.32 Å². The molecule has 0 radical (unpaired) electrons. The Morgan fingerprint density at radius 2 is 1.82 bits per heavy atom. The van der Waals surface area contributed by atoms with Gasteiger partial charge in [-0.1, -0.05) is 55.7 Å². The van der Waals surface area contributed by atoms with E-state index in [9.17, 15) is 19.7 Å². The number of carbonyl (C=O) groups is 2. The highest BCUT2D eigenvalue weighted by Gasteiger charge is 2.71. The standard InChI is InChI=1S/C24H24ClN3O5/c1-22(2)23(3)11-12-24(22,21(30)26-16-7-5-4-6-8-16)14-19(23)27-33-20(29)15-9-10-17(25)18(13-15)28(31)32/h4-10,13H,11-12,14H2,1-3H3,(H,26,30). The quantitative estimate of drug-likeness (QED) is 0.347. The van der Waals surface area contributed by atoms with E-state index in [0.29, 0.717) is 18.6 Å². The van der Waals surface area contributed by atoms with Gasteiger partial charge in [-0.2, -0.15) is 0 Å². The Morgan fingerprint density at radius 3 is 2.48 bits per heavy atom. The highest BCUT2D eigenvalue weighted by Crippen LogP contribution is 2.71. The van der Waals surface area contributed by atoms with Crippen LogP contribution >= 0.6 is 11.6 Å². The number of oxime groups is 1. The monoisotopic (exact) mass is 469 g/mol. The lowest BCUT2D eigenvalue weighted by atomic mass is 9.64. The number of benzene rings is 2. The van der Waals surface area contributed by atoms with Crippen molar-refractivity contribution in [3.8, 4) is 0 Å². The Bertz CT molecular complexity index is 1180. The van der Waals surface area contributed by atoms with Crippen LogP contribution in [0.2, 0.25) is 5.02 Å². The van der Waals surface area contributed by atoms with E-state index >= 15 is 0 Å². The molecule has 2 fully saturated rings. The molecule has 172 valence electrons. The molecule has 8 nitrogen and oxygen atoms in total. The Hall–Kier alpha value is -3.26. The summed E-state index contributed by atoms with van der Waals surface area (Å²) in [6.45, 7) is 6.15. The molecule has 4 rings (SSSR count). The zero-order chi connectivity index (χ0) is 24.0. The molecule has 1 amide bonds.